The van der Waals surface area contributed by atoms with Gasteiger partial charge in [-0.1, -0.05) is 19.8 Å². The highest BCUT2D eigenvalue weighted by molar-refractivity contribution is 5.82. The number of esters is 1. The van der Waals surface area contributed by atoms with E-state index >= 15 is 0 Å². The smallest absolute Gasteiger partial charge is 0.410 e. The molecule has 0 aromatic rings. The first-order valence-corrected chi connectivity index (χ1v) is 6.22. The first-order valence-electron chi connectivity index (χ1n) is 6.22. The standard InChI is InChI=1S/C12H21NO4/c1-3-4-5-9-17-11(14)10-7-6-8-13(10)12(15)16-2/h10H,3-9H2,1-2H3/t10-/m0/s1. The van der Waals surface area contributed by atoms with E-state index < -0.39 is 12.1 Å². The molecule has 98 valence electrons. The van der Waals surface area contributed by atoms with Gasteiger partial charge in [-0.15, -0.1) is 0 Å². The number of hydrogen-bond acceptors (Lipinski definition) is 4. The van der Waals surface area contributed by atoms with E-state index in [1.165, 1.54) is 12.0 Å². The molecule has 0 N–H and O–H groups in total. The summed E-state index contributed by atoms with van der Waals surface area (Å²) in [6.07, 6.45) is 4.07. The molecule has 0 spiro atoms. The van der Waals surface area contributed by atoms with Gasteiger partial charge in [0.15, 0.2) is 0 Å². The van der Waals surface area contributed by atoms with E-state index in [2.05, 4.69) is 11.7 Å². The largest absolute Gasteiger partial charge is 0.464 e. The van der Waals surface area contributed by atoms with Gasteiger partial charge < -0.3 is 9.47 Å². The number of unbranched alkanes of at least 4 members (excludes halogenated alkanes) is 2. The molecule has 5 nitrogen and oxygen atoms in total. The highest BCUT2D eigenvalue weighted by Gasteiger charge is 2.35. The second kappa shape index (κ2) is 7.14. The minimum atomic E-state index is -0.455. The molecular weight excluding hydrogens is 222 g/mol. The fraction of sp³-hybridized carbons (Fsp3) is 0.833. The van der Waals surface area contributed by atoms with Crippen molar-refractivity contribution in [2.75, 3.05) is 20.3 Å². The van der Waals surface area contributed by atoms with Crippen LogP contribution in [0.4, 0.5) is 4.79 Å². The summed E-state index contributed by atoms with van der Waals surface area (Å²) in [6.45, 7) is 3.11. The number of hydrogen-bond donors (Lipinski definition) is 0. The topological polar surface area (TPSA) is 55.8 Å². The Morgan fingerprint density at radius 1 is 1.35 bits per heavy atom. The van der Waals surface area contributed by atoms with Gasteiger partial charge in [-0.05, 0) is 19.3 Å². The summed E-state index contributed by atoms with van der Waals surface area (Å²) >= 11 is 0. The molecule has 1 aliphatic rings. The number of amides is 1. The van der Waals surface area contributed by atoms with Crippen molar-refractivity contribution in [3.8, 4) is 0 Å². The second-order valence-corrected chi connectivity index (χ2v) is 4.20. The van der Waals surface area contributed by atoms with Gasteiger partial charge in [0, 0.05) is 6.54 Å². The minimum Gasteiger partial charge on any atom is -0.464 e. The lowest BCUT2D eigenvalue weighted by molar-refractivity contribution is -0.148. The maximum atomic E-state index is 11.8. The van der Waals surface area contributed by atoms with Crippen molar-refractivity contribution in [3.05, 3.63) is 0 Å². The van der Waals surface area contributed by atoms with Gasteiger partial charge in [-0.25, -0.2) is 9.59 Å². The average molecular weight is 243 g/mol. The van der Waals surface area contributed by atoms with Gasteiger partial charge in [-0.2, -0.15) is 0 Å². The Morgan fingerprint density at radius 2 is 2.12 bits per heavy atom. The second-order valence-electron chi connectivity index (χ2n) is 4.20. The molecule has 0 aromatic heterocycles. The molecule has 0 aliphatic carbocycles. The molecule has 1 saturated heterocycles. The number of ether oxygens (including phenoxy) is 2. The molecule has 1 fully saturated rings. The minimum absolute atomic E-state index is 0.302. The molecule has 1 aliphatic heterocycles. The van der Waals surface area contributed by atoms with Crippen LogP contribution < -0.4 is 0 Å². The molecule has 1 rings (SSSR count). The Morgan fingerprint density at radius 3 is 2.76 bits per heavy atom. The van der Waals surface area contributed by atoms with Crippen LogP contribution in [0, 0.1) is 0 Å². The molecule has 5 heteroatoms. The number of likely N-dealkylation sites (tertiary alicyclic amines) is 1. The summed E-state index contributed by atoms with van der Waals surface area (Å²) in [7, 11) is 1.32. The normalized spacial score (nSPS) is 19.2. The quantitative estimate of drug-likeness (QED) is 0.547. The zero-order valence-electron chi connectivity index (χ0n) is 10.6. The Labute approximate surface area is 102 Å². The average Bonchev–Trinajstić information content (AvgIpc) is 2.82. The van der Waals surface area contributed by atoms with E-state index in [1.54, 1.807) is 0 Å². The fourth-order valence-electron chi connectivity index (χ4n) is 1.97. The number of carbonyl (C=O) groups is 2. The van der Waals surface area contributed by atoms with Crippen LogP contribution in [0.2, 0.25) is 0 Å². The van der Waals surface area contributed by atoms with E-state index in [0.717, 1.165) is 25.7 Å². The van der Waals surface area contributed by atoms with Gasteiger partial charge in [-0.3, -0.25) is 4.90 Å². The summed E-state index contributed by atoms with van der Waals surface area (Å²) in [5.74, 6) is -0.302. The van der Waals surface area contributed by atoms with Crippen molar-refractivity contribution in [2.24, 2.45) is 0 Å². The van der Waals surface area contributed by atoms with E-state index in [4.69, 9.17) is 4.74 Å². The van der Waals surface area contributed by atoms with Gasteiger partial charge in [0.2, 0.25) is 0 Å². The van der Waals surface area contributed by atoms with Crippen LogP contribution in [0.5, 0.6) is 0 Å². The molecule has 0 radical (unpaired) electrons. The van der Waals surface area contributed by atoms with Gasteiger partial charge >= 0.3 is 12.1 Å². The van der Waals surface area contributed by atoms with Crippen molar-refractivity contribution in [2.45, 2.75) is 45.1 Å². The van der Waals surface area contributed by atoms with Gasteiger partial charge in [0.25, 0.3) is 0 Å². The molecule has 0 bridgehead atoms. The Kier molecular flexibility index (Phi) is 5.80. The Bertz CT molecular complexity index is 267. The van der Waals surface area contributed by atoms with Crippen LogP contribution in [0.15, 0.2) is 0 Å². The van der Waals surface area contributed by atoms with Crippen molar-refractivity contribution in [3.63, 3.8) is 0 Å². The van der Waals surface area contributed by atoms with Crippen LogP contribution in [0.3, 0.4) is 0 Å². The predicted molar refractivity (Wildman–Crippen MR) is 62.6 cm³/mol. The summed E-state index contributed by atoms with van der Waals surface area (Å²) in [6, 6.07) is -0.455. The molecule has 0 saturated carbocycles. The number of carbonyl (C=O) groups excluding carboxylic acids is 2. The molecular formula is C12H21NO4. The number of nitrogens with zero attached hydrogens (tertiary/aromatic N) is 1. The summed E-state index contributed by atoms with van der Waals surface area (Å²) in [4.78, 5) is 24.6. The fourth-order valence-corrected chi connectivity index (χ4v) is 1.97. The maximum Gasteiger partial charge on any atom is 0.410 e. The first-order chi connectivity index (χ1) is 8.20. The van der Waals surface area contributed by atoms with E-state index in [0.29, 0.717) is 19.6 Å². The van der Waals surface area contributed by atoms with Crippen molar-refractivity contribution >= 4 is 12.1 Å². The molecule has 1 heterocycles. The van der Waals surface area contributed by atoms with Crippen LogP contribution in [-0.4, -0.2) is 43.3 Å². The van der Waals surface area contributed by atoms with Crippen LogP contribution in [0.1, 0.15) is 39.0 Å². The van der Waals surface area contributed by atoms with E-state index in [-0.39, 0.29) is 5.97 Å². The number of rotatable bonds is 5. The van der Waals surface area contributed by atoms with Crippen LogP contribution in [-0.2, 0) is 14.3 Å². The third-order valence-corrected chi connectivity index (χ3v) is 2.93. The molecule has 17 heavy (non-hydrogen) atoms. The third-order valence-electron chi connectivity index (χ3n) is 2.93. The van der Waals surface area contributed by atoms with Gasteiger partial charge in [0.05, 0.1) is 13.7 Å². The third kappa shape index (κ3) is 3.91. The lowest BCUT2D eigenvalue weighted by Crippen LogP contribution is -2.41. The predicted octanol–water partition coefficient (Wildman–Crippen LogP) is 1.95. The number of methoxy groups -OCH3 is 1. The SMILES string of the molecule is CCCCCOC(=O)[C@@H]1CCCN1C(=O)OC. The monoisotopic (exact) mass is 243 g/mol. The van der Waals surface area contributed by atoms with Crippen LogP contribution in [0.25, 0.3) is 0 Å². The molecule has 1 amide bonds. The zero-order chi connectivity index (χ0) is 12.7. The lowest BCUT2D eigenvalue weighted by Gasteiger charge is -2.21. The first kappa shape index (κ1) is 13.8. The zero-order valence-corrected chi connectivity index (χ0v) is 10.6. The summed E-state index contributed by atoms with van der Waals surface area (Å²) in [5, 5.41) is 0. The van der Waals surface area contributed by atoms with Crippen LogP contribution >= 0.6 is 0 Å². The summed E-state index contributed by atoms with van der Waals surface area (Å²) in [5.41, 5.74) is 0. The van der Waals surface area contributed by atoms with E-state index in [1.807, 2.05) is 0 Å². The van der Waals surface area contributed by atoms with Crippen molar-refractivity contribution in [1.82, 2.24) is 4.90 Å². The van der Waals surface area contributed by atoms with E-state index in [9.17, 15) is 9.59 Å². The highest BCUT2D eigenvalue weighted by atomic mass is 16.6. The Balaban J connectivity index is 2.37. The highest BCUT2D eigenvalue weighted by Crippen LogP contribution is 2.19. The Hall–Kier alpha value is -1.26. The maximum absolute atomic E-state index is 11.8. The van der Waals surface area contributed by atoms with Crippen molar-refractivity contribution < 1.29 is 19.1 Å². The molecule has 1 atom stereocenters. The van der Waals surface area contributed by atoms with Gasteiger partial charge in [0.1, 0.15) is 6.04 Å². The lowest BCUT2D eigenvalue weighted by atomic mass is 10.2. The van der Waals surface area contributed by atoms with Crippen molar-refractivity contribution in [1.29, 1.82) is 0 Å². The molecule has 0 unspecified atom stereocenters. The molecule has 0 aromatic carbocycles. The summed E-state index contributed by atoms with van der Waals surface area (Å²) < 4.78 is 9.80.